The first-order chi connectivity index (χ1) is 12.7. The summed E-state index contributed by atoms with van der Waals surface area (Å²) in [6.45, 7) is 4.69. The zero-order valence-corrected chi connectivity index (χ0v) is 15.1. The van der Waals surface area contributed by atoms with E-state index in [0.29, 0.717) is 25.3 Å². The molecule has 2 aromatic heterocycles. The molecule has 0 bridgehead atoms. The number of pyridine rings is 1. The Bertz CT molecular complexity index is 831. The van der Waals surface area contributed by atoms with Crippen molar-refractivity contribution in [3.63, 3.8) is 0 Å². The van der Waals surface area contributed by atoms with E-state index in [1.807, 2.05) is 61.2 Å². The van der Waals surface area contributed by atoms with Gasteiger partial charge in [0.25, 0.3) is 0 Å². The first kappa shape index (κ1) is 17.9. The summed E-state index contributed by atoms with van der Waals surface area (Å²) in [7, 11) is 0. The van der Waals surface area contributed by atoms with Crippen LogP contribution in [-0.2, 0) is 11.2 Å². The van der Waals surface area contributed by atoms with E-state index >= 15 is 0 Å². The minimum atomic E-state index is 0.0138. The van der Waals surface area contributed by atoms with Gasteiger partial charge in [-0.2, -0.15) is 0 Å². The molecule has 1 amide bonds. The Morgan fingerprint density at radius 3 is 2.58 bits per heavy atom. The lowest BCUT2D eigenvalue weighted by molar-refractivity contribution is -0.133. The van der Waals surface area contributed by atoms with Crippen LogP contribution in [0, 0.1) is 0 Å². The van der Waals surface area contributed by atoms with E-state index in [-0.39, 0.29) is 11.9 Å². The quantitative estimate of drug-likeness (QED) is 0.639. The molecule has 0 saturated carbocycles. The predicted octanol–water partition coefficient (Wildman–Crippen LogP) is 4.28. The van der Waals surface area contributed by atoms with Crippen molar-refractivity contribution in [2.45, 2.75) is 32.7 Å². The normalized spacial score (nSPS) is 11.9. The fraction of sp³-hybridized carbons (Fsp3) is 0.286. The van der Waals surface area contributed by atoms with Gasteiger partial charge in [0.1, 0.15) is 0 Å². The maximum absolute atomic E-state index is 12.7. The first-order valence-corrected chi connectivity index (χ1v) is 8.88. The molecule has 0 saturated heterocycles. The number of aryl methyl sites for hydroxylation is 1. The summed E-state index contributed by atoms with van der Waals surface area (Å²) >= 11 is 0. The lowest BCUT2D eigenvalue weighted by Gasteiger charge is -2.28. The molecule has 0 fully saturated rings. The van der Waals surface area contributed by atoms with Crippen molar-refractivity contribution in [3.05, 3.63) is 72.5 Å². The van der Waals surface area contributed by atoms with Gasteiger partial charge in [0, 0.05) is 37.3 Å². The fourth-order valence-electron chi connectivity index (χ4n) is 3.01. The number of nitrogens with zero attached hydrogens (tertiary/aromatic N) is 3. The fourth-order valence-corrected chi connectivity index (χ4v) is 3.01. The number of carbonyl (C=O) groups excluding carboxylic acids is 1. The van der Waals surface area contributed by atoms with E-state index in [9.17, 15) is 4.79 Å². The van der Waals surface area contributed by atoms with Crippen LogP contribution in [0.2, 0.25) is 0 Å². The Labute approximate surface area is 153 Å². The predicted molar refractivity (Wildman–Crippen MR) is 100 cm³/mol. The van der Waals surface area contributed by atoms with Gasteiger partial charge in [-0.15, -0.1) is 0 Å². The molecule has 3 aromatic rings. The molecule has 5 heteroatoms. The first-order valence-electron chi connectivity index (χ1n) is 8.88. The lowest BCUT2D eigenvalue weighted by Crippen LogP contribution is -2.33. The van der Waals surface area contributed by atoms with Gasteiger partial charge in [0.15, 0.2) is 11.7 Å². The molecule has 134 valence electrons. The van der Waals surface area contributed by atoms with Gasteiger partial charge >= 0.3 is 0 Å². The molecule has 1 atom stereocenters. The monoisotopic (exact) mass is 349 g/mol. The average Bonchev–Trinajstić information content (AvgIpc) is 3.17. The molecule has 0 spiro atoms. The average molecular weight is 349 g/mol. The van der Waals surface area contributed by atoms with Crippen LogP contribution < -0.4 is 0 Å². The third kappa shape index (κ3) is 4.17. The van der Waals surface area contributed by atoms with Crippen LogP contribution in [0.1, 0.15) is 37.8 Å². The van der Waals surface area contributed by atoms with Crippen LogP contribution in [0.5, 0.6) is 0 Å². The second kappa shape index (κ2) is 8.43. The number of aromatic nitrogens is 2. The molecule has 0 N–H and O–H groups in total. The molecule has 3 rings (SSSR count). The van der Waals surface area contributed by atoms with Crippen LogP contribution in [0.25, 0.3) is 11.3 Å². The second-order valence-electron chi connectivity index (χ2n) is 6.12. The van der Waals surface area contributed by atoms with Crippen molar-refractivity contribution in [1.82, 2.24) is 14.9 Å². The third-order valence-corrected chi connectivity index (χ3v) is 4.48. The molecule has 0 radical (unpaired) electrons. The summed E-state index contributed by atoms with van der Waals surface area (Å²) in [4.78, 5) is 22.9. The molecule has 0 aliphatic heterocycles. The Kier molecular flexibility index (Phi) is 5.79. The van der Waals surface area contributed by atoms with Crippen molar-refractivity contribution < 1.29 is 9.21 Å². The van der Waals surface area contributed by atoms with Crippen molar-refractivity contribution in [3.8, 4) is 11.3 Å². The van der Waals surface area contributed by atoms with E-state index < -0.39 is 0 Å². The van der Waals surface area contributed by atoms with Gasteiger partial charge in [0.05, 0.1) is 12.2 Å². The Morgan fingerprint density at radius 2 is 1.88 bits per heavy atom. The Balaban J connectivity index is 1.62. The summed E-state index contributed by atoms with van der Waals surface area (Å²) in [5.41, 5.74) is 2.07. The number of hydrogen-bond donors (Lipinski definition) is 0. The summed E-state index contributed by atoms with van der Waals surface area (Å²) in [6, 6.07) is 13.7. The molecular formula is C21H23N3O2. The largest absolute Gasteiger partial charge is 0.441 e. The molecule has 0 aliphatic rings. The molecule has 5 nitrogen and oxygen atoms in total. The van der Waals surface area contributed by atoms with E-state index in [0.717, 1.165) is 16.9 Å². The topological polar surface area (TPSA) is 59.2 Å². The van der Waals surface area contributed by atoms with Gasteiger partial charge in [0.2, 0.25) is 5.91 Å². The lowest BCUT2D eigenvalue weighted by atomic mass is 10.1. The third-order valence-electron chi connectivity index (χ3n) is 4.48. The molecule has 26 heavy (non-hydrogen) atoms. The van der Waals surface area contributed by atoms with Gasteiger partial charge in [-0.05, 0) is 31.5 Å². The van der Waals surface area contributed by atoms with Gasteiger partial charge in [-0.3, -0.25) is 9.78 Å². The molecule has 0 unspecified atom stereocenters. The van der Waals surface area contributed by atoms with E-state index in [4.69, 9.17) is 4.42 Å². The maximum atomic E-state index is 12.7. The molecule has 0 aliphatic carbocycles. The van der Waals surface area contributed by atoms with E-state index in [1.54, 1.807) is 18.6 Å². The second-order valence-corrected chi connectivity index (χ2v) is 6.12. The highest BCUT2D eigenvalue weighted by molar-refractivity contribution is 5.76. The SMILES string of the molecule is CCN(C(=O)CCc1ncc(-c2ccccc2)o1)[C@H](C)c1ccncc1. The highest BCUT2D eigenvalue weighted by Crippen LogP contribution is 2.22. The van der Waals surface area contributed by atoms with Crippen LogP contribution in [-0.4, -0.2) is 27.3 Å². The number of carbonyl (C=O) groups is 1. The summed E-state index contributed by atoms with van der Waals surface area (Å²) in [6.07, 6.45) is 6.08. The zero-order chi connectivity index (χ0) is 18.4. The van der Waals surface area contributed by atoms with Crippen LogP contribution in [0.3, 0.4) is 0 Å². The van der Waals surface area contributed by atoms with Gasteiger partial charge in [-0.1, -0.05) is 30.3 Å². The summed E-state index contributed by atoms with van der Waals surface area (Å²) in [5.74, 6) is 1.41. The Morgan fingerprint density at radius 1 is 1.15 bits per heavy atom. The van der Waals surface area contributed by atoms with Gasteiger partial charge in [-0.25, -0.2) is 4.98 Å². The van der Waals surface area contributed by atoms with Gasteiger partial charge < -0.3 is 9.32 Å². The van der Waals surface area contributed by atoms with E-state index in [2.05, 4.69) is 9.97 Å². The number of amides is 1. The highest BCUT2D eigenvalue weighted by atomic mass is 16.4. The zero-order valence-electron chi connectivity index (χ0n) is 15.1. The molecular weight excluding hydrogens is 326 g/mol. The standard InChI is InChI=1S/C21H23N3O2/c1-3-24(16(2)17-11-13-22-14-12-17)21(25)10-9-20-23-15-19(26-20)18-7-5-4-6-8-18/h4-8,11-16H,3,9-10H2,1-2H3/t16-/m1/s1. The van der Waals surface area contributed by atoms with E-state index in [1.165, 1.54) is 0 Å². The minimum Gasteiger partial charge on any atom is -0.441 e. The van der Waals surface area contributed by atoms with Crippen molar-refractivity contribution >= 4 is 5.91 Å². The smallest absolute Gasteiger partial charge is 0.223 e. The summed E-state index contributed by atoms with van der Waals surface area (Å²) < 4.78 is 5.79. The van der Waals surface area contributed by atoms with Crippen molar-refractivity contribution in [2.75, 3.05) is 6.54 Å². The Hall–Kier alpha value is -2.95. The number of benzene rings is 1. The van der Waals surface area contributed by atoms with Crippen molar-refractivity contribution in [1.29, 1.82) is 0 Å². The summed E-state index contributed by atoms with van der Waals surface area (Å²) in [5, 5.41) is 0. The number of hydrogen-bond acceptors (Lipinski definition) is 4. The highest BCUT2D eigenvalue weighted by Gasteiger charge is 2.20. The number of oxazole rings is 1. The maximum Gasteiger partial charge on any atom is 0.223 e. The van der Waals surface area contributed by atoms with Crippen LogP contribution in [0.15, 0.2) is 65.5 Å². The van der Waals surface area contributed by atoms with Crippen molar-refractivity contribution in [2.24, 2.45) is 0 Å². The number of rotatable bonds is 7. The molecule has 2 heterocycles. The van der Waals surface area contributed by atoms with Crippen LogP contribution >= 0.6 is 0 Å². The molecule has 1 aromatic carbocycles. The van der Waals surface area contributed by atoms with Crippen LogP contribution in [0.4, 0.5) is 0 Å². The minimum absolute atomic E-state index is 0.0138.